The second kappa shape index (κ2) is 11.7. The van der Waals surface area contributed by atoms with Crippen molar-refractivity contribution < 1.29 is 18.3 Å². The Morgan fingerprint density at radius 3 is 2.03 bits per heavy atom. The van der Waals surface area contributed by atoms with Gasteiger partial charge in [-0.1, -0.05) is 48.0 Å². The Labute approximate surface area is 199 Å². The Balaban J connectivity index is 1.37. The van der Waals surface area contributed by atoms with Crippen LogP contribution in [0.3, 0.4) is 0 Å². The number of likely N-dealkylation sites (tertiary alicyclic amines) is 1. The van der Waals surface area contributed by atoms with Gasteiger partial charge in [0.25, 0.3) is 0 Å². The largest absolute Gasteiger partial charge is 0.493 e. The lowest BCUT2D eigenvalue weighted by Gasteiger charge is -2.30. The summed E-state index contributed by atoms with van der Waals surface area (Å²) in [5.74, 6) is 0.248. The first kappa shape index (κ1) is 23.8. The fraction of sp³-hybridized carbons (Fsp3) is 0.276. The van der Waals surface area contributed by atoms with Crippen LogP contribution in [0.5, 0.6) is 5.75 Å². The van der Waals surface area contributed by atoms with Gasteiger partial charge in [0.05, 0.1) is 6.61 Å². The minimum Gasteiger partial charge on any atom is -0.493 e. The lowest BCUT2D eigenvalue weighted by molar-refractivity contribution is -0.107. The van der Waals surface area contributed by atoms with Crippen molar-refractivity contribution in [2.45, 2.75) is 25.7 Å². The number of nitrogens with zero attached hydrogens (tertiary/aromatic N) is 1. The van der Waals surface area contributed by atoms with Crippen molar-refractivity contribution in [1.82, 2.24) is 4.90 Å². The molecule has 3 aromatic carbocycles. The number of carbonyl (C=O) groups excluding carboxylic acids is 1. The Hall–Kier alpha value is -3.31. The average molecular weight is 462 g/mol. The van der Waals surface area contributed by atoms with Crippen molar-refractivity contribution >= 4 is 11.9 Å². The maximum Gasteiger partial charge on any atom is 0.124 e. The lowest BCUT2D eigenvalue weighted by atomic mass is 9.88. The van der Waals surface area contributed by atoms with Crippen LogP contribution >= 0.6 is 0 Å². The third-order valence-corrected chi connectivity index (χ3v) is 6.23. The van der Waals surface area contributed by atoms with E-state index in [0.717, 1.165) is 73.2 Å². The van der Waals surface area contributed by atoms with Crippen LogP contribution in [0.1, 0.15) is 36.0 Å². The molecule has 5 heteroatoms. The summed E-state index contributed by atoms with van der Waals surface area (Å²) in [6.45, 7) is 3.41. The first-order chi connectivity index (χ1) is 16.6. The highest BCUT2D eigenvalue weighted by atomic mass is 19.1. The summed E-state index contributed by atoms with van der Waals surface area (Å²) < 4.78 is 33.0. The molecular formula is C29H29F2NO2. The third-order valence-electron chi connectivity index (χ3n) is 6.23. The first-order valence-electron chi connectivity index (χ1n) is 11.7. The van der Waals surface area contributed by atoms with Crippen LogP contribution in [0, 0.1) is 11.6 Å². The molecule has 0 spiro atoms. The maximum absolute atomic E-state index is 13.5. The topological polar surface area (TPSA) is 29.5 Å². The van der Waals surface area contributed by atoms with E-state index in [1.54, 1.807) is 24.3 Å². The molecule has 4 rings (SSSR count). The van der Waals surface area contributed by atoms with Gasteiger partial charge in [0.15, 0.2) is 0 Å². The molecule has 3 aromatic rings. The van der Waals surface area contributed by atoms with E-state index in [9.17, 15) is 13.6 Å². The highest BCUT2D eigenvalue weighted by molar-refractivity contribution is 5.82. The number of para-hydroxylation sites is 1. The van der Waals surface area contributed by atoms with Crippen molar-refractivity contribution in [2.75, 3.05) is 26.2 Å². The maximum atomic E-state index is 13.5. The summed E-state index contributed by atoms with van der Waals surface area (Å²) in [6, 6.07) is 20.7. The van der Waals surface area contributed by atoms with Gasteiger partial charge in [-0.15, -0.1) is 0 Å². The average Bonchev–Trinajstić information content (AvgIpc) is 2.86. The fourth-order valence-corrected chi connectivity index (χ4v) is 4.48. The van der Waals surface area contributed by atoms with E-state index in [2.05, 4.69) is 4.90 Å². The number of hydrogen-bond acceptors (Lipinski definition) is 3. The van der Waals surface area contributed by atoms with E-state index >= 15 is 0 Å². The van der Waals surface area contributed by atoms with Gasteiger partial charge in [-0.2, -0.15) is 0 Å². The van der Waals surface area contributed by atoms with Gasteiger partial charge in [-0.3, -0.25) is 0 Å². The molecular weight excluding hydrogens is 432 g/mol. The first-order valence-corrected chi connectivity index (χ1v) is 11.7. The van der Waals surface area contributed by atoms with Crippen LogP contribution in [-0.4, -0.2) is 37.4 Å². The summed E-state index contributed by atoms with van der Waals surface area (Å²) >= 11 is 0. The molecule has 0 radical (unpaired) electrons. The van der Waals surface area contributed by atoms with Gasteiger partial charge in [-0.25, -0.2) is 8.78 Å². The quantitative estimate of drug-likeness (QED) is 0.286. The lowest BCUT2D eigenvalue weighted by Crippen LogP contribution is -2.32. The number of hydrogen-bond donors (Lipinski definition) is 0. The zero-order valence-corrected chi connectivity index (χ0v) is 19.2. The van der Waals surface area contributed by atoms with Crippen molar-refractivity contribution in [3.05, 3.63) is 107 Å². The molecule has 0 unspecified atom stereocenters. The molecule has 1 saturated heterocycles. The zero-order chi connectivity index (χ0) is 23.8. The Bertz CT molecular complexity index is 1070. The number of ether oxygens (including phenoxy) is 1. The number of benzene rings is 3. The van der Waals surface area contributed by atoms with E-state index in [1.165, 1.54) is 29.8 Å². The van der Waals surface area contributed by atoms with E-state index in [0.29, 0.717) is 13.0 Å². The van der Waals surface area contributed by atoms with Crippen LogP contribution in [-0.2, 0) is 11.2 Å². The fourth-order valence-electron chi connectivity index (χ4n) is 4.48. The molecule has 1 aliphatic rings. The molecule has 0 N–H and O–H groups in total. The van der Waals surface area contributed by atoms with Gasteiger partial charge in [-0.05, 0) is 66.3 Å². The smallest absolute Gasteiger partial charge is 0.124 e. The van der Waals surface area contributed by atoms with E-state index in [-0.39, 0.29) is 11.6 Å². The minimum atomic E-state index is -0.266. The van der Waals surface area contributed by atoms with Crippen LogP contribution in [0.2, 0.25) is 0 Å². The predicted octanol–water partition coefficient (Wildman–Crippen LogP) is 6.07. The predicted molar refractivity (Wildman–Crippen MR) is 131 cm³/mol. The molecule has 0 aromatic heterocycles. The molecule has 1 heterocycles. The zero-order valence-electron chi connectivity index (χ0n) is 19.2. The normalized spacial score (nSPS) is 14.1. The van der Waals surface area contributed by atoms with Crippen LogP contribution in [0.15, 0.2) is 78.4 Å². The van der Waals surface area contributed by atoms with Gasteiger partial charge >= 0.3 is 0 Å². The molecule has 1 aliphatic heterocycles. The standard InChI is InChI=1S/C29H29F2NO2/c30-26-10-6-23(7-11-26)29(24-8-12-27(31)13-9-24)25-14-18-32(19-15-25)17-3-21-34-28-5-2-1-4-22(28)16-20-33/h1-2,4-13,20H,3,14-19,21H2. The second-order valence-electron chi connectivity index (χ2n) is 8.51. The number of piperidine rings is 1. The number of aldehydes is 1. The number of carbonyl (C=O) groups is 1. The summed E-state index contributed by atoms with van der Waals surface area (Å²) in [5, 5.41) is 0. The number of rotatable bonds is 9. The summed E-state index contributed by atoms with van der Waals surface area (Å²) in [5.41, 5.74) is 5.22. The van der Waals surface area contributed by atoms with Gasteiger partial charge in [0.2, 0.25) is 0 Å². The van der Waals surface area contributed by atoms with Crippen molar-refractivity contribution in [3.63, 3.8) is 0 Å². The van der Waals surface area contributed by atoms with Crippen molar-refractivity contribution in [2.24, 2.45) is 0 Å². The van der Waals surface area contributed by atoms with Gasteiger partial charge in [0.1, 0.15) is 23.7 Å². The Morgan fingerprint density at radius 2 is 1.44 bits per heavy atom. The van der Waals surface area contributed by atoms with Crippen LogP contribution in [0.25, 0.3) is 5.57 Å². The molecule has 0 atom stereocenters. The highest BCUT2D eigenvalue weighted by Gasteiger charge is 2.19. The summed E-state index contributed by atoms with van der Waals surface area (Å²) in [7, 11) is 0. The van der Waals surface area contributed by atoms with Crippen molar-refractivity contribution in [3.8, 4) is 5.75 Å². The molecule has 0 aliphatic carbocycles. The van der Waals surface area contributed by atoms with Gasteiger partial charge < -0.3 is 14.4 Å². The minimum absolute atomic E-state index is 0.266. The molecule has 0 saturated carbocycles. The summed E-state index contributed by atoms with van der Waals surface area (Å²) in [6.07, 6.45) is 3.98. The van der Waals surface area contributed by atoms with Crippen molar-refractivity contribution in [1.29, 1.82) is 0 Å². The Morgan fingerprint density at radius 1 is 0.853 bits per heavy atom. The van der Waals surface area contributed by atoms with E-state index in [1.807, 2.05) is 24.3 Å². The van der Waals surface area contributed by atoms with E-state index < -0.39 is 0 Å². The number of halogens is 2. The van der Waals surface area contributed by atoms with Gasteiger partial charge in [0, 0.05) is 31.6 Å². The van der Waals surface area contributed by atoms with Crippen LogP contribution in [0.4, 0.5) is 8.78 Å². The molecule has 0 bridgehead atoms. The molecule has 176 valence electrons. The Kier molecular flexibility index (Phi) is 8.21. The van der Waals surface area contributed by atoms with E-state index in [4.69, 9.17) is 4.74 Å². The molecule has 0 amide bonds. The SMILES string of the molecule is O=CCc1ccccc1OCCCN1CCC(=C(c2ccc(F)cc2)c2ccc(F)cc2)CC1. The molecule has 3 nitrogen and oxygen atoms in total. The summed E-state index contributed by atoms with van der Waals surface area (Å²) in [4.78, 5) is 13.3. The van der Waals surface area contributed by atoms with Crippen LogP contribution < -0.4 is 4.74 Å². The second-order valence-corrected chi connectivity index (χ2v) is 8.51. The highest BCUT2D eigenvalue weighted by Crippen LogP contribution is 2.32. The molecule has 1 fully saturated rings. The third kappa shape index (κ3) is 6.17. The monoisotopic (exact) mass is 461 g/mol. The molecule has 34 heavy (non-hydrogen) atoms.